The van der Waals surface area contributed by atoms with Gasteiger partial charge in [0, 0.05) is 6.61 Å². The van der Waals surface area contributed by atoms with E-state index >= 15 is 0 Å². The summed E-state index contributed by atoms with van der Waals surface area (Å²) < 4.78 is 17.6. The molecule has 1 fully saturated rings. The van der Waals surface area contributed by atoms with E-state index in [1.807, 2.05) is 6.07 Å². The van der Waals surface area contributed by atoms with E-state index in [1.54, 1.807) is 6.26 Å². The van der Waals surface area contributed by atoms with E-state index in [0.717, 1.165) is 36.2 Å². The Labute approximate surface area is 132 Å². The highest BCUT2D eigenvalue weighted by molar-refractivity contribution is 5.89. The monoisotopic (exact) mass is 302 g/mol. The fraction of sp³-hybridized carbons (Fsp3) is 0.579. The van der Waals surface area contributed by atoms with Crippen LogP contribution in [0.4, 0.5) is 0 Å². The normalized spacial score (nSPS) is 18.7. The van der Waals surface area contributed by atoms with E-state index in [-0.39, 0.29) is 6.10 Å². The van der Waals surface area contributed by atoms with Gasteiger partial charge in [0.1, 0.15) is 17.9 Å². The maximum Gasteiger partial charge on any atom is 0.141 e. The van der Waals surface area contributed by atoms with Crippen molar-refractivity contribution in [1.82, 2.24) is 0 Å². The largest absolute Gasteiger partial charge is 0.490 e. The van der Waals surface area contributed by atoms with E-state index in [2.05, 4.69) is 33.8 Å². The molecule has 120 valence electrons. The first-order valence-electron chi connectivity index (χ1n) is 8.36. The van der Waals surface area contributed by atoms with Gasteiger partial charge >= 0.3 is 0 Å². The van der Waals surface area contributed by atoms with Gasteiger partial charge in [0.25, 0.3) is 0 Å². The van der Waals surface area contributed by atoms with E-state index < -0.39 is 0 Å². The van der Waals surface area contributed by atoms with Crippen LogP contribution in [0.3, 0.4) is 0 Å². The Hall–Kier alpha value is -1.48. The van der Waals surface area contributed by atoms with Gasteiger partial charge in [0.2, 0.25) is 0 Å². The lowest BCUT2D eigenvalue weighted by molar-refractivity contribution is 0.0681. The van der Waals surface area contributed by atoms with Crippen LogP contribution < -0.4 is 4.74 Å². The van der Waals surface area contributed by atoms with Crippen LogP contribution in [-0.4, -0.2) is 19.3 Å². The van der Waals surface area contributed by atoms with Crippen LogP contribution >= 0.6 is 0 Å². The predicted molar refractivity (Wildman–Crippen MR) is 88.9 cm³/mol. The minimum atomic E-state index is 0.228. The molecule has 1 aromatic carbocycles. The Bertz CT molecular complexity index is 633. The Morgan fingerprint density at radius 1 is 1.18 bits per heavy atom. The molecule has 0 bridgehead atoms. The molecule has 1 saturated heterocycles. The molecule has 0 N–H and O–H groups in total. The summed E-state index contributed by atoms with van der Waals surface area (Å²) in [5.41, 5.74) is 3.48. The minimum Gasteiger partial charge on any atom is -0.490 e. The molecule has 0 saturated carbocycles. The second-order valence-corrected chi connectivity index (χ2v) is 6.80. The molecule has 2 aromatic rings. The fourth-order valence-corrected chi connectivity index (χ4v) is 3.14. The van der Waals surface area contributed by atoms with Gasteiger partial charge in [0.05, 0.1) is 17.8 Å². The molecule has 0 radical (unpaired) electrons. The smallest absolute Gasteiger partial charge is 0.141 e. The minimum absolute atomic E-state index is 0.228. The van der Waals surface area contributed by atoms with E-state index in [1.165, 1.54) is 11.1 Å². The van der Waals surface area contributed by atoms with Gasteiger partial charge in [-0.25, -0.2) is 0 Å². The Kier molecular flexibility index (Phi) is 4.44. The molecule has 3 rings (SSSR count). The average Bonchev–Trinajstić information content (AvgIpc) is 3.14. The highest BCUT2D eigenvalue weighted by atomic mass is 16.5. The number of ether oxygens (including phenoxy) is 2. The third-order valence-electron chi connectivity index (χ3n) is 4.43. The van der Waals surface area contributed by atoms with E-state index in [0.29, 0.717) is 18.4 Å². The molecule has 3 heteroatoms. The number of rotatable bonds is 5. The summed E-state index contributed by atoms with van der Waals surface area (Å²) >= 11 is 0. The highest BCUT2D eigenvalue weighted by Gasteiger charge is 2.22. The first kappa shape index (κ1) is 15.4. The molecule has 1 aromatic heterocycles. The lowest BCUT2D eigenvalue weighted by atomic mass is 9.92. The number of benzene rings is 1. The van der Waals surface area contributed by atoms with Gasteiger partial charge < -0.3 is 13.9 Å². The molecular formula is C19H26O3. The second kappa shape index (κ2) is 6.33. The standard InChI is InChI=1S/C19H26O3/c1-12(2)16-10-17(13(3)4)19(15-7-9-21-18(15)16)22-11-14-6-5-8-20-14/h7,9-10,12-14H,5-6,8,11H2,1-4H3. The van der Waals surface area contributed by atoms with E-state index in [4.69, 9.17) is 13.9 Å². The summed E-state index contributed by atoms with van der Waals surface area (Å²) in [5, 5.41) is 1.09. The topological polar surface area (TPSA) is 31.6 Å². The van der Waals surface area contributed by atoms with Gasteiger partial charge in [0.15, 0.2) is 0 Å². The molecule has 3 nitrogen and oxygen atoms in total. The molecule has 2 heterocycles. The summed E-state index contributed by atoms with van der Waals surface area (Å²) in [6, 6.07) is 4.28. The Morgan fingerprint density at radius 3 is 2.59 bits per heavy atom. The summed E-state index contributed by atoms with van der Waals surface area (Å²) in [7, 11) is 0. The van der Waals surface area contributed by atoms with Crippen molar-refractivity contribution < 1.29 is 13.9 Å². The van der Waals surface area contributed by atoms with Crippen LogP contribution in [0.1, 0.15) is 63.5 Å². The number of furan rings is 1. The highest BCUT2D eigenvalue weighted by Crippen LogP contribution is 2.40. The van der Waals surface area contributed by atoms with Gasteiger partial charge in [-0.1, -0.05) is 27.7 Å². The molecule has 22 heavy (non-hydrogen) atoms. The van der Waals surface area contributed by atoms with Gasteiger partial charge in [-0.15, -0.1) is 0 Å². The van der Waals surface area contributed by atoms with Crippen molar-refractivity contribution in [3.63, 3.8) is 0 Å². The summed E-state index contributed by atoms with van der Waals surface area (Å²) in [6.07, 6.45) is 4.22. The van der Waals surface area contributed by atoms with Crippen molar-refractivity contribution in [2.75, 3.05) is 13.2 Å². The Morgan fingerprint density at radius 2 is 1.95 bits per heavy atom. The van der Waals surface area contributed by atoms with Gasteiger partial charge in [-0.05, 0) is 47.9 Å². The van der Waals surface area contributed by atoms with Crippen molar-refractivity contribution in [3.8, 4) is 5.75 Å². The van der Waals surface area contributed by atoms with Crippen molar-refractivity contribution in [3.05, 3.63) is 29.5 Å². The zero-order valence-electron chi connectivity index (χ0n) is 14.0. The molecule has 1 aliphatic heterocycles. The van der Waals surface area contributed by atoms with E-state index in [9.17, 15) is 0 Å². The van der Waals surface area contributed by atoms with Crippen molar-refractivity contribution in [2.45, 2.75) is 58.5 Å². The van der Waals surface area contributed by atoms with Gasteiger partial charge in [-0.3, -0.25) is 0 Å². The number of hydrogen-bond acceptors (Lipinski definition) is 3. The lowest BCUT2D eigenvalue weighted by Gasteiger charge is -2.20. The molecular weight excluding hydrogens is 276 g/mol. The van der Waals surface area contributed by atoms with Crippen molar-refractivity contribution >= 4 is 11.0 Å². The maximum atomic E-state index is 6.20. The van der Waals surface area contributed by atoms with Crippen LogP contribution in [0, 0.1) is 0 Å². The van der Waals surface area contributed by atoms with Crippen molar-refractivity contribution in [2.24, 2.45) is 0 Å². The molecule has 0 amide bonds. The molecule has 0 spiro atoms. The molecule has 1 aliphatic rings. The summed E-state index contributed by atoms with van der Waals surface area (Å²) in [5.74, 6) is 1.81. The molecule has 0 aliphatic carbocycles. The first-order chi connectivity index (χ1) is 10.6. The van der Waals surface area contributed by atoms with Crippen LogP contribution in [0.25, 0.3) is 11.0 Å². The third kappa shape index (κ3) is 2.87. The summed E-state index contributed by atoms with van der Waals surface area (Å²) in [6.45, 7) is 10.3. The Balaban J connectivity index is 2.00. The maximum absolute atomic E-state index is 6.20. The quantitative estimate of drug-likeness (QED) is 0.757. The van der Waals surface area contributed by atoms with Crippen LogP contribution in [-0.2, 0) is 4.74 Å². The predicted octanol–water partition coefficient (Wildman–Crippen LogP) is 5.24. The fourth-order valence-electron chi connectivity index (χ4n) is 3.14. The van der Waals surface area contributed by atoms with Crippen LogP contribution in [0.2, 0.25) is 0 Å². The first-order valence-corrected chi connectivity index (χ1v) is 8.36. The van der Waals surface area contributed by atoms with Crippen molar-refractivity contribution in [1.29, 1.82) is 0 Å². The zero-order chi connectivity index (χ0) is 15.7. The van der Waals surface area contributed by atoms with Crippen LogP contribution in [0.15, 0.2) is 22.8 Å². The van der Waals surface area contributed by atoms with Crippen LogP contribution in [0.5, 0.6) is 5.75 Å². The number of hydrogen-bond donors (Lipinski definition) is 0. The average molecular weight is 302 g/mol. The number of fused-ring (bicyclic) bond motifs is 1. The zero-order valence-corrected chi connectivity index (χ0v) is 14.0. The third-order valence-corrected chi connectivity index (χ3v) is 4.43. The second-order valence-electron chi connectivity index (χ2n) is 6.80. The summed E-state index contributed by atoms with van der Waals surface area (Å²) in [4.78, 5) is 0. The van der Waals surface area contributed by atoms with Gasteiger partial charge in [-0.2, -0.15) is 0 Å². The lowest BCUT2D eigenvalue weighted by Crippen LogP contribution is -2.17. The molecule has 1 unspecified atom stereocenters. The molecule has 1 atom stereocenters. The SMILES string of the molecule is CC(C)c1cc(C(C)C)c2occc2c1OCC1CCCO1.